The van der Waals surface area contributed by atoms with Crippen molar-refractivity contribution >= 4 is 10.0 Å². The fourth-order valence-electron chi connectivity index (χ4n) is 3.35. The predicted molar refractivity (Wildman–Crippen MR) is 98.6 cm³/mol. The minimum absolute atomic E-state index is 0.345. The molecule has 1 aromatic carbocycles. The van der Waals surface area contributed by atoms with E-state index in [0.717, 1.165) is 30.9 Å². The highest BCUT2D eigenvalue weighted by Gasteiger charge is 2.33. The molecule has 0 radical (unpaired) electrons. The molecule has 0 aliphatic carbocycles. The maximum absolute atomic E-state index is 13.2. The molecular formula is C18H26N4O2S. The predicted octanol–water partition coefficient (Wildman–Crippen LogP) is 2.12. The lowest BCUT2D eigenvalue weighted by molar-refractivity contribution is 0.196. The SMILES string of the molecule is CCN1CCN(S(=O)(=O)c2c(C)nn(-c3ccc(C)cc3)c2C)CC1. The van der Waals surface area contributed by atoms with Crippen LogP contribution in [0.3, 0.4) is 0 Å². The van der Waals surface area contributed by atoms with Crippen molar-refractivity contribution in [1.29, 1.82) is 0 Å². The number of nitrogens with zero attached hydrogens (tertiary/aromatic N) is 4. The molecule has 1 aliphatic heterocycles. The second-order valence-corrected chi connectivity index (χ2v) is 8.46. The highest BCUT2D eigenvalue weighted by Crippen LogP contribution is 2.26. The molecule has 0 unspecified atom stereocenters. The lowest BCUT2D eigenvalue weighted by Crippen LogP contribution is -2.48. The van der Waals surface area contributed by atoms with Crippen molar-refractivity contribution in [2.24, 2.45) is 0 Å². The number of sulfonamides is 1. The Morgan fingerprint density at radius 3 is 2.16 bits per heavy atom. The van der Waals surface area contributed by atoms with Crippen LogP contribution in [0.1, 0.15) is 23.9 Å². The van der Waals surface area contributed by atoms with Crippen molar-refractivity contribution in [1.82, 2.24) is 19.0 Å². The number of likely N-dealkylation sites (N-methyl/N-ethyl adjacent to an activating group) is 1. The Hall–Kier alpha value is -1.70. The highest BCUT2D eigenvalue weighted by molar-refractivity contribution is 7.89. The van der Waals surface area contributed by atoms with Gasteiger partial charge in [-0.25, -0.2) is 13.1 Å². The van der Waals surface area contributed by atoms with E-state index in [0.29, 0.717) is 29.4 Å². The summed E-state index contributed by atoms with van der Waals surface area (Å²) in [6.45, 7) is 11.3. The van der Waals surface area contributed by atoms with Crippen LogP contribution in [0, 0.1) is 20.8 Å². The molecule has 0 saturated carbocycles. The van der Waals surface area contributed by atoms with Gasteiger partial charge in [-0.3, -0.25) is 0 Å². The van der Waals surface area contributed by atoms with E-state index >= 15 is 0 Å². The zero-order valence-electron chi connectivity index (χ0n) is 15.4. The van der Waals surface area contributed by atoms with Gasteiger partial charge < -0.3 is 4.90 Å². The van der Waals surface area contributed by atoms with Gasteiger partial charge in [0.15, 0.2) is 0 Å². The first-order valence-electron chi connectivity index (χ1n) is 8.70. The Balaban J connectivity index is 1.96. The number of hydrogen-bond donors (Lipinski definition) is 0. The molecule has 0 spiro atoms. The summed E-state index contributed by atoms with van der Waals surface area (Å²) in [5.41, 5.74) is 3.26. The Labute approximate surface area is 150 Å². The van der Waals surface area contributed by atoms with Crippen LogP contribution in [0.15, 0.2) is 29.2 Å². The van der Waals surface area contributed by atoms with Gasteiger partial charge in [-0.1, -0.05) is 24.6 Å². The summed E-state index contributed by atoms with van der Waals surface area (Å²) in [5.74, 6) is 0. The third-order valence-electron chi connectivity index (χ3n) is 4.88. The van der Waals surface area contributed by atoms with Crippen molar-refractivity contribution in [3.63, 3.8) is 0 Å². The second-order valence-electron chi connectivity index (χ2n) is 6.59. The van der Waals surface area contributed by atoms with E-state index in [1.54, 1.807) is 15.9 Å². The molecule has 3 rings (SSSR count). The van der Waals surface area contributed by atoms with E-state index in [1.165, 1.54) is 0 Å². The molecule has 6 nitrogen and oxygen atoms in total. The van der Waals surface area contributed by atoms with E-state index in [2.05, 4.69) is 16.9 Å². The molecule has 2 heterocycles. The van der Waals surface area contributed by atoms with Gasteiger partial charge in [0.25, 0.3) is 0 Å². The molecular weight excluding hydrogens is 336 g/mol. The van der Waals surface area contributed by atoms with Crippen molar-refractivity contribution in [2.45, 2.75) is 32.6 Å². The summed E-state index contributed by atoms with van der Waals surface area (Å²) in [4.78, 5) is 2.61. The van der Waals surface area contributed by atoms with E-state index < -0.39 is 10.0 Å². The first-order chi connectivity index (χ1) is 11.8. The lowest BCUT2D eigenvalue weighted by Gasteiger charge is -2.33. The van der Waals surface area contributed by atoms with Gasteiger partial charge in [0, 0.05) is 26.2 Å². The van der Waals surface area contributed by atoms with Gasteiger partial charge in [0.1, 0.15) is 4.90 Å². The summed E-state index contributed by atoms with van der Waals surface area (Å²) in [5, 5.41) is 4.50. The lowest BCUT2D eigenvalue weighted by atomic mass is 10.2. The highest BCUT2D eigenvalue weighted by atomic mass is 32.2. The summed E-state index contributed by atoms with van der Waals surface area (Å²) < 4.78 is 29.7. The smallest absolute Gasteiger partial charge is 0.246 e. The summed E-state index contributed by atoms with van der Waals surface area (Å²) >= 11 is 0. The fraction of sp³-hybridized carbons (Fsp3) is 0.500. The number of aromatic nitrogens is 2. The number of rotatable bonds is 4. The summed E-state index contributed by atoms with van der Waals surface area (Å²) in [7, 11) is -3.53. The Morgan fingerprint density at radius 2 is 1.60 bits per heavy atom. The Morgan fingerprint density at radius 1 is 1.00 bits per heavy atom. The van der Waals surface area contributed by atoms with Crippen LogP contribution in [0.2, 0.25) is 0 Å². The summed E-state index contributed by atoms with van der Waals surface area (Å²) in [6, 6.07) is 7.93. The molecule has 7 heteroatoms. The number of benzene rings is 1. The van der Waals surface area contributed by atoms with Crippen LogP contribution >= 0.6 is 0 Å². The first kappa shape index (κ1) is 18.1. The zero-order valence-corrected chi connectivity index (χ0v) is 16.2. The Bertz CT molecular complexity index is 848. The molecule has 25 heavy (non-hydrogen) atoms. The van der Waals surface area contributed by atoms with Crippen LogP contribution in [0.5, 0.6) is 0 Å². The van der Waals surface area contributed by atoms with E-state index in [4.69, 9.17) is 0 Å². The minimum Gasteiger partial charge on any atom is -0.301 e. The van der Waals surface area contributed by atoms with Gasteiger partial charge in [0.05, 0.1) is 17.1 Å². The molecule has 0 N–H and O–H groups in total. The average Bonchev–Trinajstić information content (AvgIpc) is 2.90. The zero-order chi connectivity index (χ0) is 18.2. The average molecular weight is 362 g/mol. The van der Waals surface area contributed by atoms with E-state index in [9.17, 15) is 8.42 Å². The molecule has 136 valence electrons. The van der Waals surface area contributed by atoms with Crippen LogP contribution in [0.25, 0.3) is 5.69 Å². The van der Waals surface area contributed by atoms with Gasteiger partial charge in [0.2, 0.25) is 10.0 Å². The number of aryl methyl sites for hydroxylation is 2. The molecule has 1 aromatic heterocycles. The van der Waals surface area contributed by atoms with Gasteiger partial charge >= 0.3 is 0 Å². The fourth-order valence-corrected chi connectivity index (χ4v) is 5.13. The van der Waals surface area contributed by atoms with Crippen molar-refractivity contribution in [3.8, 4) is 5.69 Å². The maximum Gasteiger partial charge on any atom is 0.246 e. The molecule has 0 atom stereocenters. The van der Waals surface area contributed by atoms with Crippen molar-refractivity contribution in [3.05, 3.63) is 41.2 Å². The molecule has 2 aromatic rings. The molecule has 1 fully saturated rings. The third kappa shape index (κ3) is 3.36. The van der Waals surface area contributed by atoms with Crippen LogP contribution in [-0.2, 0) is 10.0 Å². The van der Waals surface area contributed by atoms with Crippen LogP contribution in [0.4, 0.5) is 0 Å². The normalized spacial score (nSPS) is 17.1. The van der Waals surface area contributed by atoms with Gasteiger partial charge in [-0.15, -0.1) is 0 Å². The van der Waals surface area contributed by atoms with Gasteiger partial charge in [-0.05, 0) is 39.4 Å². The third-order valence-corrected chi connectivity index (χ3v) is 7.03. The van der Waals surface area contributed by atoms with Crippen LogP contribution < -0.4 is 0 Å². The van der Waals surface area contributed by atoms with Crippen molar-refractivity contribution in [2.75, 3.05) is 32.7 Å². The standard InChI is InChI=1S/C18H26N4O2S/c1-5-20-10-12-21(13-11-20)25(23,24)18-15(3)19-22(16(18)4)17-8-6-14(2)7-9-17/h6-9H,5,10-13H2,1-4H3. The Kier molecular flexibility index (Phi) is 4.99. The number of hydrogen-bond acceptors (Lipinski definition) is 4. The number of piperazine rings is 1. The van der Waals surface area contributed by atoms with E-state index in [1.807, 2.05) is 38.1 Å². The molecule has 0 amide bonds. The summed E-state index contributed by atoms with van der Waals surface area (Å²) in [6.07, 6.45) is 0. The van der Waals surface area contributed by atoms with Crippen molar-refractivity contribution < 1.29 is 8.42 Å². The minimum atomic E-state index is -3.53. The largest absolute Gasteiger partial charge is 0.301 e. The van der Waals surface area contributed by atoms with Crippen LogP contribution in [-0.4, -0.2) is 60.1 Å². The second kappa shape index (κ2) is 6.90. The quantitative estimate of drug-likeness (QED) is 0.836. The molecule has 1 saturated heterocycles. The molecule has 0 bridgehead atoms. The monoisotopic (exact) mass is 362 g/mol. The molecule has 1 aliphatic rings. The maximum atomic E-state index is 13.2. The topological polar surface area (TPSA) is 58.4 Å². The first-order valence-corrected chi connectivity index (χ1v) is 10.1. The van der Waals surface area contributed by atoms with Gasteiger partial charge in [-0.2, -0.15) is 9.40 Å². The van der Waals surface area contributed by atoms with E-state index in [-0.39, 0.29) is 0 Å².